The maximum Gasteiger partial charge on any atom is 0.0969 e. The molecule has 0 aliphatic carbocycles. The molecule has 0 saturated carbocycles. The summed E-state index contributed by atoms with van der Waals surface area (Å²) in [6.45, 7) is 6.11. The van der Waals surface area contributed by atoms with Crippen molar-refractivity contribution in [1.82, 2.24) is 5.32 Å². The molecule has 0 aromatic carbocycles. The summed E-state index contributed by atoms with van der Waals surface area (Å²) in [6.07, 6.45) is 1.24. The summed E-state index contributed by atoms with van der Waals surface area (Å²) in [5.41, 5.74) is 0. The van der Waals surface area contributed by atoms with Gasteiger partial charge in [0.1, 0.15) is 0 Å². The number of nitrogens with one attached hydrogen (secondary N) is 1. The standard InChI is InChI=1S/C7H15NO/c1-3-6(2)7-4-9-5-8-7/h6-8H,3-5H2,1-2H3. The largest absolute Gasteiger partial charge is 0.365 e. The maximum atomic E-state index is 5.17. The monoisotopic (exact) mass is 129 g/mol. The lowest BCUT2D eigenvalue weighted by atomic mass is 10.0. The van der Waals surface area contributed by atoms with Gasteiger partial charge in [-0.25, -0.2) is 0 Å². The van der Waals surface area contributed by atoms with Crippen LogP contribution in [-0.4, -0.2) is 19.4 Å². The highest BCUT2D eigenvalue weighted by atomic mass is 16.5. The Morgan fingerprint density at radius 1 is 1.78 bits per heavy atom. The molecule has 2 nitrogen and oxygen atoms in total. The van der Waals surface area contributed by atoms with E-state index in [0.29, 0.717) is 6.04 Å². The molecule has 0 spiro atoms. The molecule has 1 aliphatic heterocycles. The predicted octanol–water partition coefficient (Wildman–Crippen LogP) is 0.978. The van der Waals surface area contributed by atoms with Crippen LogP contribution in [0.3, 0.4) is 0 Å². The molecule has 2 unspecified atom stereocenters. The van der Waals surface area contributed by atoms with Crippen LogP contribution in [0, 0.1) is 5.92 Å². The molecule has 1 N–H and O–H groups in total. The van der Waals surface area contributed by atoms with Crippen LogP contribution < -0.4 is 5.32 Å². The molecule has 1 heterocycles. The van der Waals surface area contributed by atoms with E-state index >= 15 is 0 Å². The molecule has 2 heteroatoms. The molecule has 0 radical (unpaired) electrons. The van der Waals surface area contributed by atoms with Gasteiger partial charge in [0.05, 0.1) is 13.3 Å². The second kappa shape index (κ2) is 3.18. The maximum absolute atomic E-state index is 5.17. The Morgan fingerprint density at radius 2 is 2.56 bits per heavy atom. The van der Waals surface area contributed by atoms with Gasteiger partial charge >= 0.3 is 0 Å². The van der Waals surface area contributed by atoms with Gasteiger partial charge in [-0.3, -0.25) is 5.32 Å². The van der Waals surface area contributed by atoms with Crippen LogP contribution in [0.4, 0.5) is 0 Å². The van der Waals surface area contributed by atoms with Gasteiger partial charge in [0.2, 0.25) is 0 Å². The summed E-state index contributed by atoms with van der Waals surface area (Å²) in [5.74, 6) is 0.757. The van der Waals surface area contributed by atoms with Crippen LogP contribution in [0.25, 0.3) is 0 Å². The molecule has 2 atom stereocenters. The lowest BCUT2D eigenvalue weighted by Crippen LogP contribution is -2.30. The number of rotatable bonds is 2. The smallest absolute Gasteiger partial charge is 0.0969 e. The molecule has 1 aliphatic rings. The molecule has 0 aromatic rings. The fraction of sp³-hybridized carbons (Fsp3) is 1.00. The van der Waals surface area contributed by atoms with Crippen molar-refractivity contribution in [3.05, 3.63) is 0 Å². The Balaban J connectivity index is 2.24. The highest BCUT2D eigenvalue weighted by Crippen LogP contribution is 2.10. The molecule has 0 bridgehead atoms. The van der Waals surface area contributed by atoms with Gasteiger partial charge in [0, 0.05) is 6.04 Å². The number of hydrogen-bond donors (Lipinski definition) is 1. The van der Waals surface area contributed by atoms with Crippen LogP contribution in [-0.2, 0) is 4.74 Å². The zero-order chi connectivity index (χ0) is 6.69. The first-order chi connectivity index (χ1) is 4.34. The summed E-state index contributed by atoms with van der Waals surface area (Å²) in [4.78, 5) is 0. The highest BCUT2D eigenvalue weighted by Gasteiger charge is 2.19. The molecule has 54 valence electrons. The van der Waals surface area contributed by atoms with Crippen LogP contribution >= 0.6 is 0 Å². The van der Waals surface area contributed by atoms with E-state index < -0.39 is 0 Å². The van der Waals surface area contributed by atoms with E-state index in [4.69, 9.17) is 4.74 Å². The SMILES string of the molecule is CCC(C)C1COCN1. The molecule has 9 heavy (non-hydrogen) atoms. The van der Waals surface area contributed by atoms with Crippen molar-refractivity contribution in [2.45, 2.75) is 26.3 Å². The molecule has 0 aromatic heterocycles. The normalized spacial score (nSPS) is 30.7. The van der Waals surface area contributed by atoms with Crippen LogP contribution in [0.1, 0.15) is 20.3 Å². The Bertz CT molecular complexity index is 79.0. The average molecular weight is 129 g/mol. The zero-order valence-electron chi connectivity index (χ0n) is 6.18. The van der Waals surface area contributed by atoms with E-state index in [1.54, 1.807) is 0 Å². The third kappa shape index (κ3) is 1.66. The van der Waals surface area contributed by atoms with Crippen molar-refractivity contribution < 1.29 is 4.74 Å². The van der Waals surface area contributed by atoms with E-state index in [1.165, 1.54) is 6.42 Å². The summed E-state index contributed by atoms with van der Waals surface area (Å²) >= 11 is 0. The predicted molar refractivity (Wildman–Crippen MR) is 37.2 cm³/mol. The fourth-order valence-corrected chi connectivity index (χ4v) is 1.06. The van der Waals surface area contributed by atoms with Crippen LogP contribution in [0.15, 0.2) is 0 Å². The average Bonchev–Trinajstić information content (AvgIpc) is 2.37. The summed E-state index contributed by atoms with van der Waals surface area (Å²) in [7, 11) is 0. The van der Waals surface area contributed by atoms with Gasteiger partial charge in [-0.1, -0.05) is 20.3 Å². The lowest BCUT2D eigenvalue weighted by Gasteiger charge is -2.14. The molecule has 0 amide bonds. The summed E-state index contributed by atoms with van der Waals surface area (Å²) < 4.78 is 5.17. The molecular weight excluding hydrogens is 114 g/mol. The van der Waals surface area contributed by atoms with Crippen molar-refractivity contribution in [1.29, 1.82) is 0 Å². The van der Waals surface area contributed by atoms with Crippen molar-refractivity contribution in [3.8, 4) is 0 Å². The first kappa shape index (κ1) is 7.03. The van der Waals surface area contributed by atoms with Gasteiger partial charge in [0.15, 0.2) is 0 Å². The highest BCUT2D eigenvalue weighted by molar-refractivity contribution is 4.73. The number of ether oxygens (including phenoxy) is 1. The fourth-order valence-electron chi connectivity index (χ4n) is 1.06. The summed E-state index contributed by atoms with van der Waals surface area (Å²) in [5, 5.41) is 3.29. The quantitative estimate of drug-likeness (QED) is 0.600. The number of hydrogen-bond acceptors (Lipinski definition) is 2. The minimum atomic E-state index is 0.606. The Hall–Kier alpha value is -0.0800. The van der Waals surface area contributed by atoms with Gasteiger partial charge in [-0.15, -0.1) is 0 Å². The zero-order valence-corrected chi connectivity index (χ0v) is 6.18. The van der Waals surface area contributed by atoms with Crippen molar-refractivity contribution in [3.63, 3.8) is 0 Å². The van der Waals surface area contributed by atoms with Gasteiger partial charge in [-0.2, -0.15) is 0 Å². The van der Waals surface area contributed by atoms with Crippen molar-refractivity contribution in [2.24, 2.45) is 5.92 Å². The van der Waals surface area contributed by atoms with Gasteiger partial charge < -0.3 is 4.74 Å². The van der Waals surface area contributed by atoms with Crippen molar-refractivity contribution >= 4 is 0 Å². The van der Waals surface area contributed by atoms with E-state index in [-0.39, 0.29) is 0 Å². The summed E-state index contributed by atoms with van der Waals surface area (Å²) in [6, 6.07) is 0.606. The minimum absolute atomic E-state index is 0.606. The minimum Gasteiger partial charge on any atom is -0.365 e. The van der Waals surface area contributed by atoms with Gasteiger partial charge in [0.25, 0.3) is 0 Å². The van der Waals surface area contributed by atoms with Crippen LogP contribution in [0.2, 0.25) is 0 Å². The van der Waals surface area contributed by atoms with E-state index in [2.05, 4.69) is 19.2 Å². The Labute approximate surface area is 56.6 Å². The van der Waals surface area contributed by atoms with E-state index in [9.17, 15) is 0 Å². The molecule has 1 rings (SSSR count). The van der Waals surface area contributed by atoms with E-state index in [0.717, 1.165) is 19.3 Å². The van der Waals surface area contributed by atoms with Crippen molar-refractivity contribution in [2.75, 3.05) is 13.3 Å². The molecule has 1 fully saturated rings. The second-order valence-corrected chi connectivity index (χ2v) is 2.71. The van der Waals surface area contributed by atoms with Crippen LogP contribution in [0.5, 0.6) is 0 Å². The lowest BCUT2D eigenvalue weighted by molar-refractivity contribution is 0.184. The Morgan fingerprint density at radius 3 is 3.00 bits per heavy atom. The third-order valence-corrected chi connectivity index (χ3v) is 2.08. The topological polar surface area (TPSA) is 21.3 Å². The first-order valence-electron chi connectivity index (χ1n) is 3.65. The second-order valence-electron chi connectivity index (χ2n) is 2.71. The molecule has 1 saturated heterocycles. The van der Waals surface area contributed by atoms with Gasteiger partial charge in [-0.05, 0) is 5.92 Å². The van der Waals surface area contributed by atoms with E-state index in [1.807, 2.05) is 0 Å². The third-order valence-electron chi connectivity index (χ3n) is 2.08. The Kier molecular flexibility index (Phi) is 2.49. The molecular formula is C7H15NO. The first-order valence-corrected chi connectivity index (χ1v) is 3.65.